The molecule has 46 heavy (non-hydrogen) atoms. The van der Waals surface area contributed by atoms with Gasteiger partial charge in [0.15, 0.2) is 11.9 Å². The molecule has 0 amide bonds. The van der Waals surface area contributed by atoms with Crippen LogP contribution in [0.25, 0.3) is 0 Å². The highest BCUT2D eigenvalue weighted by Gasteiger charge is 2.58. The van der Waals surface area contributed by atoms with Gasteiger partial charge < -0.3 is 33.3 Å². The number of rotatable bonds is 13. The average molecular weight is 714 g/mol. The Kier molecular flexibility index (Phi) is 10.2. The Balaban J connectivity index is 1.57. The number of halogens is 1. The molecule has 0 aromatic heterocycles. The largest absolute Gasteiger partial charge is 0.493 e. The fourth-order valence-corrected chi connectivity index (χ4v) is 6.44. The fraction of sp³-hybridized carbons (Fsp3) is 0.265. The van der Waals surface area contributed by atoms with Crippen molar-refractivity contribution in [2.45, 2.75) is 43.5 Å². The SMILES string of the molecule is CCOC(=O)[C@@]1(O)c2c(cc(OCCCO)cc2OS(=O)(=O)c2ccc(C)cc2)O[C@H]1c1ccc(OCc2ccccc2)cc1Br. The van der Waals surface area contributed by atoms with E-state index in [2.05, 4.69) is 15.9 Å². The molecule has 4 aromatic carbocycles. The van der Waals surface area contributed by atoms with E-state index in [1.165, 1.54) is 24.3 Å². The molecule has 0 radical (unpaired) electrons. The lowest BCUT2D eigenvalue weighted by Gasteiger charge is -2.28. The van der Waals surface area contributed by atoms with Gasteiger partial charge in [0, 0.05) is 35.2 Å². The van der Waals surface area contributed by atoms with Gasteiger partial charge >= 0.3 is 16.1 Å². The molecule has 242 valence electrons. The second-order valence-corrected chi connectivity index (χ2v) is 12.9. The summed E-state index contributed by atoms with van der Waals surface area (Å²) in [4.78, 5) is 13.5. The third-order valence-corrected chi connectivity index (χ3v) is 9.15. The summed E-state index contributed by atoms with van der Waals surface area (Å²) in [5, 5.41) is 21.5. The number of carbonyl (C=O) groups excluding carboxylic acids is 1. The zero-order valence-corrected chi connectivity index (χ0v) is 27.5. The quantitative estimate of drug-likeness (QED) is 0.100. The summed E-state index contributed by atoms with van der Waals surface area (Å²) in [5.74, 6) is -0.845. The molecular formula is C34H33BrO10S. The van der Waals surface area contributed by atoms with Crippen LogP contribution in [-0.2, 0) is 31.9 Å². The molecule has 0 unspecified atom stereocenters. The minimum atomic E-state index is -4.45. The third-order valence-electron chi connectivity index (χ3n) is 7.21. The van der Waals surface area contributed by atoms with Gasteiger partial charge in [-0.25, -0.2) is 4.79 Å². The molecule has 10 nitrogen and oxygen atoms in total. The summed E-state index contributed by atoms with van der Waals surface area (Å²) in [7, 11) is -4.45. The molecule has 0 fully saturated rings. The average Bonchev–Trinajstić information content (AvgIpc) is 3.34. The molecule has 1 heterocycles. The molecule has 2 atom stereocenters. The van der Waals surface area contributed by atoms with Crippen molar-refractivity contribution in [2.75, 3.05) is 19.8 Å². The summed E-state index contributed by atoms with van der Waals surface area (Å²) in [6, 6.07) is 23.3. The van der Waals surface area contributed by atoms with Crippen molar-refractivity contribution in [3.63, 3.8) is 0 Å². The number of ether oxygens (including phenoxy) is 4. The molecule has 2 N–H and O–H groups in total. The molecule has 5 rings (SSSR count). The van der Waals surface area contributed by atoms with Crippen LogP contribution in [0.1, 0.15) is 41.7 Å². The number of aryl methyl sites for hydroxylation is 1. The molecule has 12 heteroatoms. The lowest BCUT2D eigenvalue weighted by molar-refractivity contribution is -0.174. The zero-order valence-electron chi connectivity index (χ0n) is 25.1. The van der Waals surface area contributed by atoms with Crippen molar-refractivity contribution in [2.24, 2.45) is 0 Å². The Bertz CT molecular complexity index is 1800. The van der Waals surface area contributed by atoms with E-state index in [1.54, 1.807) is 37.3 Å². The van der Waals surface area contributed by atoms with Crippen LogP contribution < -0.4 is 18.4 Å². The molecule has 0 aliphatic carbocycles. The second-order valence-electron chi connectivity index (χ2n) is 10.5. The van der Waals surface area contributed by atoms with Crippen molar-refractivity contribution >= 4 is 32.0 Å². The topological polar surface area (TPSA) is 138 Å². The van der Waals surface area contributed by atoms with Crippen LogP contribution in [0.2, 0.25) is 0 Å². The Morgan fingerprint density at radius 3 is 2.39 bits per heavy atom. The number of aliphatic hydroxyl groups excluding tert-OH is 1. The Morgan fingerprint density at radius 1 is 0.978 bits per heavy atom. The number of esters is 1. The van der Waals surface area contributed by atoms with E-state index in [4.69, 9.17) is 23.1 Å². The number of hydrogen-bond donors (Lipinski definition) is 2. The van der Waals surface area contributed by atoms with Crippen molar-refractivity contribution in [3.05, 3.63) is 112 Å². The first kappa shape index (κ1) is 33.3. The van der Waals surface area contributed by atoms with Gasteiger partial charge in [0.2, 0.25) is 5.60 Å². The summed E-state index contributed by atoms with van der Waals surface area (Å²) < 4.78 is 56.1. The van der Waals surface area contributed by atoms with E-state index in [0.717, 1.165) is 11.1 Å². The van der Waals surface area contributed by atoms with Gasteiger partial charge in [0.25, 0.3) is 0 Å². The fourth-order valence-electron chi connectivity index (χ4n) is 4.94. The number of fused-ring (bicyclic) bond motifs is 1. The highest BCUT2D eigenvalue weighted by atomic mass is 79.9. The highest BCUT2D eigenvalue weighted by Crippen LogP contribution is 2.56. The normalized spacial score (nSPS) is 17.1. The number of carbonyl (C=O) groups is 1. The standard InChI is InChI=1S/C34H33BrO10S/c1-3-41-33(37)34(38)31-29(44-32(34)27-15-12-24(18-28(27)35)43-21-23-8-5-4-6-9-23)19-25(42-17-7-16-36)20-30(31)45-46(39,40)26-13-10-22(2)11-14-26/h4-6,8-15,18-20,32,36,38H,3,7,16-17,21H2,1-2H3/t32-,34+/m0/s1. The van der Waals surface area contributed by atoms with E-state index < -0.39 is 27.8 Å². The first-order chi connectivity index (χ1) is 22.1. The second kappa shape index (κ2) is 14.1. The summed E-state index contributed by atoms with van der Waals surface area (Å²) >= 11 is 3.53. The van der Waals surface area contributed by atoms with Crippen LogP contribution in [0, 0.1) is 6.92 Å². The molecule has 1 aliphatic rings. The van der Waals surface area contributed by atoms with E-state index >= 15 is 0 Å². The first-order valence-corrected chi connectivity index (χ1v) is 16.7. The predicted octanol–water partition coefficient (Wildman–Crippen LogP) is 5.75. The van der Waals surface area contributed by atoms with Gasteiger partial charge in [-0.05, 0) is 43.7 Å². The summed E-state index contributed by atoms with van der Waals surface area (Å²) in [5.41, 5.74) is -0.610. The molecule has 4 aromatic rings. The maximum atomic E-state index is 13.6. The predicted molar refractivity (Wildman–Crippen MR) is 171 cm³/mol. The van der Waals surface area contributed by atoms with E-state index in [1.807, 2.05) is 37.3 Å². The van der Waals surface area contributed by atoms with Gasteiger partial charge in [0.05, 0.1) is 18.8 Å². The number of hydrogen-bond acceptors (Lipinski definition) is 10. The van der Waals surface area contributed by atoms with Crippen LogP contribution in [-0.4, -0.2) is 44.4 Å². The van der Waals surface area contributed by atoms with E-state index in [9.17, 15) is 23.4 Å². The van der Waals surface area contributed by atoms with Crippen LogP contribution in [0.5, 0.6) is 23.0 Å². The molecule has 0 spiro atoms. The van der Waals surface area contributed by atoms with Crippen LogP contribution in [0.4, 0.5) is 0 Å². The first-order valence-electron chi connectivity index (χ1n) is 14.5. The lowest BCUT2D eigenvalue weighted by Crippen LogP contribution is -2.42. The van der Waals surface area contributed by atoms with Gasteiger partial charge in [-0.1, -0.05) is 70.0 Å². The van der Waals surface area contributed by atoms with Crippen molar-refractivity contribution in [1.82, 2.24) is 0 Å². The van der Waals surface area contributed by atoms with Crippen molar-refractivity contribution in [1.29, 1.82) is 0 Å². The van der Waals surface area contributed by atoms with Gasteiger partial charge in [0.1, 0.15) is 28.8 Å². The maximum Gasteiger partial charge on any atom is 0.347 e. The van der Waals surface area contributed by atoms with E-state index in [-0.39, 0.29) is 47.5 Å². The molecule has 0 bridgehead atoms. The Labute approximate surface area is 275 Å². The molecule has 1 aliphatic heterocycles. The molecular weight excluding hydrogens is 680 g/mol. The molecule has 0 saturated carbocycles. The monoisotopic (exact) mass is 712 g/mol. The van der Waals surface area contributed by atoms with Gasteiger partial charge in [-0.2, -0.15) is 8.42 Å². The Morgan fingerprint density at radius 2 is 1.72 bits per heavy atom. The highest BCUT2D eigenvalue weighted by molar-refractivity contribution is 9.10. The van der Waals surface area contributed by atoms with Crippen LogP contribution in [0.3, 0.4) is 0 Å². The Hall–Kier alpha value is -4.10. The zero-order chi connectivity index (χ0) is 32.9. The minimum Gasteiger partial charge on any atom is -0.493 e. The minimum absolute atomic E-state index is 0.0486. The van der Waals surface area contributed by atoms with Crippen molar-refractivity contribution < 1.29 is 46.6 Å². The molecule has 0 saturated heterocycles. The van der Waals surface area contributed by atoms with Crippen LogP contribution in [0.15, 0.2) is 94.3 Å². The van der Waals surface area contributed by atoms with E-state index in [0.29, 0.717) is 28.8 Å². The number of benzene rings is 4. The lowest BCUT2D eigenvalue weighted by atomic mass is 9.85. The summed E-state index contributed by atoms with van der Waals surface area (Å²) in [6.45, 7) is 3.61. The summed E-state index contributed by atoms with van der Waals surface area (Å²) in [6.07, 6.45) is -1.09. The maximum absolute atomic E-state index is 13.6. The van der Waals surface area contributed by atoms with Gasteiger partial charge in [-0.15, -0.1) is 0 Å². The van der Waals surface area contributed by atoms with Gasteiger partial charge in [-0.3, -0.25) is 0 Å². The smallest absolute Gasteiger partial charge is 0.347 e. The van der Waals surface area contributed by atoms with Crippen LogP contribution >= 0.6 is 15.9 Å². The third kappa shape index (κ3) is 7.00. The number of aliphatic hydroxyl groups is 2. The van der Waals surface area contributed by atoms with Crippen molar-refractivity contribution in [3.8, 4) is 23.0 Å².